The Morgan fingerprint density at radius 1 is 1.07 bits per heavy atom. The third-order valence-electron chi connectivity index (χ3n) is 5.87. The molecular formula is C22H25FO6. The van der Waals surface area contributed by atoms with Crippen LogP contribution in [0.3, 0.4) is 0 Å². The molecule has 0 aliphatic carbocycles. The van der Waals surface area contributed by atoms with Gasteiger partial charge in [-0.1, -0.05) is 31.2 Å². The first-order valence-corrected chi connectivity index (χ1v) is 9.76. The second-order valence-corrected chi connectivity index (χ2v) is 7.67. The van der Waals surface area contributed by atoms with Crippen LogP contribution in [0.2, 0.25) is 0 Å². The first-order chi connectivity index (χ1) is 13.9. The largest absolute Gasteiger partial charge is 0.394 e. The average molecular weight is 404 g/mol. The van der Waals surface area contributed by atoms with Gasteiger partial charge in [0.15, 0.2) is 0 Å². The molecule has 4 N–H and O–H groups in total. The van der Waals surface area contributed by atoms with Crippen LogP contribution in [0, 0.1) is 5.82 Å². The van der Waals surface area contributed by atoms with Gasteiger partial charge in [0.25, 0.3) is 0 Å². The fourth-order valence-corrected chi connectivity index (χ4v) is 4.10. The first kappa shape index (κ1) is 20.4. The smallest absolute Gasteiger partial charge is 0.225 e. The van der Waals surface area contributed by atoms with Crippen LogP contribution in [0.25, 0.3) is 0 Å². The molecule has 0 radical (unpaired) electrons. The van der Waals surface area contributed by atoms with Gasteiger partial charge in [0.05, 0.1) is 13.2 Å². The number of aryl methyl sites for hydroxylation is 1. The van der Waals surface area contributed by atoms with Crippen molar-refractivity contribution >= 4 is 0 Å². The van der Waals surface area contributed by atoms with E-state index in [4.69, 9.17) is 9.47 Å². The zero-order valence-electron chi connectivity index (χ0n) is 16.1. The number of rotatable bonds is 4. The second-order valence-electron chi connectivity index (χ2n) is 7.67. The Bertz CT molecular complexity index is 884. The van der Waals surface area contributed by atoms with Crippen molar-refractivity contribution in [1.82, 2.24) is 0 Å². The highest BCUT2D eigenvalue weighted by atomic mass is 19.1. The number of fused-ring (bicyclic) bond motifs is 2. The van der Waals surface area contributed by atoms with Gasteiger partial charge in [-0.25, -0.2) is 4.39 Å². The first-order valence-electron chi connectivity index (χ1n) is 9.76. The van der Waals surface area contributed by atoms with Crippen molar-refractivity contribution in [2.45, 2.75) is 56.6 Å². The number of aliphatic hydroxyl groups is 4. The van der Waals surface area contributed by atoms with Crippen LogP contribution >= 0.6 is 0 Å². The molecule has 0 saturated carbocycles. The molecule has 2 aliphatic heterocycles. The Kier molecular flexibility index (Phi) is 5.46. The maximum absolute atomic E-state index is 14.7. The summed E-state index contributed by atoms with van der Waals surface area (Å²) >= 11 is 0. The van der Waals surface area contributed by atoms with Gasteiger partial charge in [0.2, 0.25) is 5.79 Å². The third-order valence-corrected chi connectivity index (χ3v) is 5.87. The van der Waals surface area contributed by atoms with Gasteiger partial charge in [-0.05, 0) is 40.8 Å². The number of hydrogen-bond donors (Lipinski definition) is 4. The summed E-state index contributed by atoms with van der Waals surface area (Å²) < 4.78 is 26.1. The van der Waals surface area contributed by atoms with E-state index in [1.54, 1.807) is 6.07 Å². The Labute approximate surface area is 168 Å². The predicted octanol–water partition coefficient (Wildman–Crippen LogP) is 1.14. The van der Waals surface area contributed by atoms with E-state index in [0.717, 1.165) is 12.0 Å². The normalized spacial score (nSPS) is 31.2. The Hall–Kier alpha value is -1.87. The molecule has 156 valence electrons. The van der Waals surface area contributed by atoms with Crippen LogP contribution in [0.1, 0.15) is 34.7 Å². The van der Waals surface area contributed by atoms with Crippen molar-refractivity contribution in [3.63, 3.8) is 0 Å². The van der Waals surface area contributed by atoms with Crippen molar-refractivity contribution in [3.05, 3.63) is 70.0 Å². The van der Waals surface area contributed by atoms with Gasteiger partial charge >= 0.3 is 0 Å². The zero-order chi connectivity index (χ0) is 20.8. The molecule has 0 amide bonds. The van der Waals surface area contributed by atoms with Gasteiger partial charge in [-0.3, -0.25) is 0 Å². The van der Waals surface area contributed by atoms with E-state index in [0.29, 0.717) is 23.1 Å². The van der Waals surface area contributed by atoms with Crippen molar-refractivity contribution < 1.29 is 34.3 Å². The molecule has 2 heterocycles. The monoisotopic (exact) mass is 404 g/mol. The number of hydrogen-bond acceptors (Lipinski definition) is 6. The van der Waals surface area contributed by atoms with E-state index in [-0.39, 0.29) is 6.61 Å². The molecule has 2 aromatic rings. The second kappa shape index (κ2) is 7.75. The molecular weight excluding hydrogens is 379 g/mol. The van der Waals surface area contributed by atoms with Crippen LogP contribution in [0.5, 0.6) is 0 Å². The van der Waals surface area contributed by atoms with E-state index in [1.807, 2.05) is 24.3 Å². The fourth-order valence-electron chi connectivity index (χ4n) is 4.10. The molecule has 5 atom stereocenters. The highest BCUT2D eigenvalue weighted by molar-refractivity contribution is 5.42. The quantitative estimate of drug-likeness (QED) is 0.610. The molecule has 1 unspecified atom stereocenters. The molecule has 6 nitrogen and oxygen atoms in total. The van der Waals surface area contributed by atoms with Crippen molar-refractivity contribution in [2.24, 2.45) is 0 Å². The Morgan fingerprint density at radius 3 is 2.41 bits per heavy atom. The highest BCUT2D eigenvalue weighted by Crippen LogP contribution is 2.46. The molecule has 4 rings (SSSR count). The van der Waals surface area contributed by atoms with Crippen LogP contribution in [-0.4, -0.2) is 51.4 Å². The number of aliphatic hydroxyl groups excluding tert-OH is 4. The molecule has 0 bridgehead atoms. The molecule has 0 aromatic heterocycles. The summed E-state index contributed by atoms with van der Waals surface area (Å²) in [6, 6.07) is 10.8. The minimum absolute atomic E-state index is 0.0181. The van der Waals surface area contributed by atoms with Crippen LogP contribution in [0.15, 0.2) is 36.4 Å². The summed E-state index contributed by atoms with van der Waals surface area (Å²) in [5, 5.41) is 40.4. The van der Waals surface area contributed by atoms with Crippen LogP contribution in [0.4, 0.5) is 4.39 Å². The minimum atomic E-state index is -1.77. The lowest BCUT2D eigenvalue weighted by atomic mass is 9.86. The molecule has 1 fully saturated rings. The van der Waals surface area contributed by atoms with Crippen molar-refractivity contribution in [1.29, 1.82) is 0 Å². The van der Waals surface area contributed by atoms with Crippen molar-refractivity contribution in [2.75, 3.05) is 6.61 Å². The SMILES string of the molecule is CCc1ccc(Cc2cc3c(cc2F)COC32O[C@H](CO)[C@@H](O)[C@H](O)[C@H]2O)cc1. The van der Waals surface area contributed by atoms with Crippen LogP contribution in [-0.2, 0) is 34.7 Å². The van der Waals surface area contributed by atoms with E-state index >= 15 is 0 Å². The summed E-state index contributed by atoms with van der Waals surface area (Å²) in [7, 11) is 0. The maximum atomic E-state index is 14.7. The van der Waals surface area contributed by atoms with Gasteiger partial charge in [-0.2, -0.15) is 0 Å². The standard InChI is InChI=1S/C22H25FO6/c1-2-12-3-5-13(6-4-12)7-14-8-16-15(9-17(14)23)11-28-22(16)21(27)20(26)19(25)18(10-24)29-22/h3-6,8-9,18-21,24-27H,2,7,10-11H2,1H3/t18-,19-,20+,21-,22?/m1/s1. The number of halogens is 1. The third kappa shape index (κ3) is 3.38. The summed E-state index contributed by atoms with van der Waals surface area (Å²) in [6.07, 6.45) is -4.53. The lowest BCUT2D eigenvalue weighted by Gasteiger charge is -2.46. The van der Waals surface area contributed by atoms with E-state index < -0.39 is 42.6 Å². The number of ether oxygens (including phenoxy) is 2. The molecule has 1 spiro atoms. The van der Waals surface area contributed by atoms with E-state index in [2.05, 4.69) is 6.92 Å². The lowest BCUT2D eigenvalue weighted by molar-refractivity contribution is -0.368. The topological polar surface area (TPSA) is 99.4 Å². The van der Waals surface area contributed by atoms with Gasteiger partial charge < -0.3 is 29.9 Å². The fraction of sp³-hybridized carbons (Fsp3) is 0.455. The lowest BCUT2D eigenvalue weighted by Crippen LogP contribution is -2.63. The van der Waals surface area contributed by atoms with E-state index in [9.17, 15) is 24.8 Å². The van der Waals surface area contributed by atoms with Crippen LogP contribution < -0.4 is 0 Å². The van der Waals surface area contributed by atoms with Gasteiger partial charge in [0, 0.05) is 12.0 Å². The highest BCUT2D eigenvalue weighted by Gasteiger charge is 2.58. The molecule has 2 aliphatic rings. The Balaban J connectivity index is 1.71. The molecule has 1 saturated heterocycles. The maximum Gasteiger partial charge on any atom is 0.225 e. The average Bonchev–Trinajstić information content (AvgIpc) is 3.08. The summed E-state index contributed by atoms with van der Waals surface area (Å²) in [6.45, 7) is 1.48. The summed E-state index contributed by atoms with van der Waals surface area (Å²) in [4.78, 5) is 0. The van der Waals surface area contributed by atoms with Gasteiger partial charge in [-0.15, -0.1) is 0 Å². The summed E-state index contributed by atoms with van der Waals surface area (Å²) in [5.74, 6) is -2.16. The number of benzene rings is 2. The predicted molar refractivity (Wildman–Crippen MR) is 101 cm³/mol. The zero-order valence-corrected chi connectivity index (χ0v) is 16.1. The summed E-state index contributed by atoms with van der Waals surface area (Å²) in [5.41, 5.74) is 3.41. The molecule has 7 heteroatoms. The minimum Gasteiger partial charge on any atom is -0.394 e. The molecule has 2 aromatic carbocycles. The Morgan fingerprint density at radius 2 is 1.76 bits per heavy atom. The van der Waals surface area contributed by atoms with Gasteiger partial charge in [0.1, 0.15) is 30.2 Å². The van der Waals surface area contributed by atoms with E-state index in [1.165, 1.54) is 11.6 Å². The molecule has 29 heavy (non-hydrogen) atoms. The van der Waals surface area contributed by atoms with Crippen molar-refractivity contribution in [3.8, 4) is 0 Å².